The molecule has 2 rings (SSSR count). The quantitative estimate of drug-likeness (QED) is 0.887. The Balaban J connectivity index is 1.94. The predicted molar refractivity (Wildman–Crippen MR) is 77.0 cm³/mol. The number of amides is 2. The summed E-state index contributed by atoms with van der Waals surface area (Å²) in [4.78, 5) is 13.6. The Morgan fingerprint density at radius 2 is 2.13 bits per heavy atom. The Morgan fingerprint density at radius 3 is 2.61 bits per heavy atom. The maximum atomic E-state index is 13.1. The molecular weight excluding hydrogens is 313 g/mol. The smallest absolute Gasteiger partial charge is 0.382 e. The highest BCUT2D eigenvalue weighted by atomic mass is 19.4. The number of hydrogen-bond donors (Lipinski definition) is 2. The zero-order valence-corrected chi connectivity index (χ0v) is 13.1. The minimum atomic E-state index is -4.59. The summed E-state index contributed by atoms with van der Waals surface area (Å²) in [6.07, 6.45) is 0.340. The van der Waals surface area contributed by atoms with Gasteiger partial charge in [-0.25, -0.2) is 4.79 Å². The lowest BCUT2D eigenvalue weighted by molar-refractivity contribution is -0.200. The van der Waals surface area contributed by atoms with Gasteiger partial charge in [-0.3, -0.25) is 5.10 Å². The molecule has 23 heavy (non-hydrogen) atoms. The number of carbonyl (C=O) groups is 1. The van der Waals surface area contributed by atoms with Gasteiger partial charge >= 0.3 is 12.2 Å². The molecule has 9 heteroatoms. The number of alkyl halides is 3. The molecule has 0 aromatic carbocycles. The molecule has 1 aromatic rings. The lowest BCUT2D eigenvalue weighted by Crippen LogP contribution is -2.62. The van der Waals surface area contributed by atoms with Crippen LogP contribution in [0.1, 0.15) is 31.2 Å². The summed E-state index contributed by atoms with van der Waals surface area (Å²) in [6, 6.07) is -0.715. The molecule has 2 heterocycles. The van der Waals surface area contributed by atoms with Gasteiger partial charge in [0.1, 0.15) is 0 Å². The number of aromatic nitrogens is 2. The summed E-state index contributed by atoms with van der Waals surface area (Å²) < 4.78 is 44.1. The van der Waals surface area contributed by atoms with Crippen molar-refractivity contribution in [2.24, 2.45) is 0 Å². The number of urea groups is 1. The fourth-order valence-electron chi connectivity index (χ4n) is 2.69. The zero-order chi connectivity index (χ0) is 17.1. The highest BCUT2D eigenvalue weighted by Crippen LogP contribution is 2.31. The van der Waals surface area contributed by atoms with Crippen molar-refractivity contribution in [3.63, 3.8) is 0 Å². The average molecular weight is 334 g/mol. The summed E-state index contributed by atoms with van der Waals surface area (Å²) >= 11 is 0. The van der Waals surface area contributed by atoms with Crippen molar-refractivity contribution in [2.45, 2.75) is 37.4 Å². The van der Waals surface area contributed by atoms with E-state index in [9.17, 15) is 18.0 Å². The van der Waals surface area contributed by atoms with Gasteiger partial charge in [-0.1, -0.05) is 0 Å². The topological polar surface area (TPSA) is 70.2 Å². The van der Waals surface area contributed by atoms with Crippen molar-refractivity contribution < 1.29 is 22.7 Å². The number of H-pyrrole nitrogens is 1. The second kappa shape index (κ2) is 6.77. The number of nitrogens with one attached hydrogen (secondary N) is 2. The zero-order valence-electron chi connectivity index (χ0n) is 13.1. The second-order valence-electron chi connectivity index (χ2n) is 5.99. The fourth-order valence-corrected chi connectivity index (χ4v) is 2.69. The van der Waals surface area contributed by atoms with Gasteiger partial charge in [0, 0.05) is 26.4 Å². The molecule has 0 spiro atoms. The Kier molecular flexibility index (Phi) is 5.18. The van der Waals surface area contributed by atoms with E-state index in [0.717, 1.165) is 12.5 Å². The summed E-state index contributed by atoms with van der Waals surface area (Å²) in [5.41, 5.74) is -1.34. The first-order chi connectivity index (χ1) is 10.8. The molecule has 0 radical (unpaired) electrons. The van der Waals surface area contributed by atoms with Gasteiger partial charge in [-0.15, -0.1) is 0 Å². The van der Waals surface area contributed by atoms with Crippen LogP contribution in [0.15, 0.2) is 12.4 Å². The lowest BCUT2D eigenvalue weighted by atomic mass is 9.92. The van der Waals surface area contributed by atoms with E-state index in [4.69, 9.17) is 0 Å². The van der Waals surface area contributed by atoms with E-state index < -0.39 is 24.4 Å². The standard InChI is InChI=1S/C14H21F3N4O2/c1-13(9-23-2,14(15,16)17)20-12(22)21-5-3-10(4-6-21)11-7-18-19-8-11/h7-8,10H,3-6,9H2,1-2H3,(H,18,19)(H,20,22). The first-order valence-corrected chi connectivity index (χ1v) is 7.38. The average Bonchev–Trinajstić information content (AvgIpc) is 3.00. The molecule has 1 aliphatic rings. The molecule has 1 saturated heterocycles. The van der Waals surface area contributed by atoms with Crippen molar-refractivity contribution in [3.05, 3.63) is 18.0 Å². The molecular formula is C14H21F3N4O2. The number of nitrogens with zero attached hydrogens (tertiary/aromatic N) is 2. The number of rotatable bonds is 4. The number of halogens is 3. The third-order valence-corrected chi connectivity index (χ3v) is 4.21. The van der Waals surface area contributed by atoms with Crippen LogP contribution in [0.3, 0.4) is 0 Å². The third-order valence-electron chi connectivity index (χ3n) is 4.21. The molecule has 6 nitrogen and oxygen atoms in total. The van der Waals surface area contributed by atoms with Gasteiger partial charge in [0.05, 0.1) is 12.8 Å². The van der Waals surface area contributed by atoms with Crippen LogP contribution in [0, 0.1) is 0 Å². The van der Waals surface area contributed by atoms with E-state index in [2.05, 4.69) is 20.3 Å². The van der Waals surface area contributed by atoms with Gasteiger partial charge in [0.25, 0.3) is 0 Å². The van der Waals surface area contributed by atoms with Crippen LogP contribution < -0.4 is 5.32 Å². The number of hydrogen-bond acceptors (Lipinski definition) is 3. The van der Waals surface area contributed by atoms with Gasteiger partial charge < -0.3 is 15.0 Å². The summed E-state index contributed by atoms with van der Waals surface area (Å²) in [5, 5.41) is 8.70. The molecule has 1 aromatic heterocycles. The molecule has 2 amide bonds. The van der Waals surface area contributed by atoms with Crippen LogP contribution in [-0.4, -0.2) is 59.6 Å². The number of ether oxygens (including phenoxy) is 1. The van der Waals surface area contributed by atoms with Crippen LogP contribution in [0.25, 0.3) is 0 Å². The molecule has 130 valence electrons. The maximum absolute atomic E-state index is 13.1. The van der Waals surface area contributed by atoms with Gasteiger partial charge in [0.2, 0.25) is 0 Å². The van der Waals surface area contributed by atoms with Gasteiger partial charge in [0.15, 0.2) is 5.54 Å². The third kappa shape index (κ3) is 3.95. The largest absolute Gasteiger partial charge is 0.413 e. The first kappa shape index (κ1) is 17.6. The van der Waals surface area contributed by atoms with E-state index in [1.807, 2.05) is 0 Å². The highest BCUT2D eigenvalue weighted by molar-refractivity contribution is 5.75. The van der Waals surface area contributed by atoms with Gasteiger partial charge in [-0.2, -0.15) is 18.3 Å². The van der Waals surface area contributed by atoms with Crippen molar-refractivity contribution >= 4 is 6.03 Å². The Hall–Kier alpha value is -1.77. The monoisotopic (exact) mass is 334 g/mol. The van der Waals surface area contributed by atoms with Crippen molar-refractivity contribution in [2.75, 3.05) is 26.8 Å². The van der Waals surface area contributed by atoms with E-state index in [1.54, 1.807) is 12.4 Å². The van der Waals surface area contributed by atoms with E-state index in [-0.39, 0.29) is 5.92 Å². The number of methoxy groups -OCH3 is 1. The van der Waals surface area contributed by atoms with Crippen LogP contribution in [-0.2, 0) is 4.74 Å². The normalized spacial score (nSPS) is 19.4. The van der Waals surface area contributed by atoms with E-state index in [0.29, 0.717) is 25.9 Å². The predicted octanol–water partition coefficient (Wildman–Crippen LogP) is 2.27. The van der Waals surface area contributed by atoms with Crippen LogP contribution in [0.5, 0.6) is 0 Å². The van der Waals surface area contributed by atoms with Crippen molar-refractivity contribution in [1.82, 2.24) is 20.4 Å². The maximum Gasteiger partial charge on any atom is 0.413 e. The first-order valence-electron chi connectivity index (χ1n) is 7.38. The minimum absolute atomic E-state index is 0.269. The minimum Gasteiger partial charge on any atom is -0.382 e. The summed E-state index contributed by atoms with van der Waals surface area (Å²) in [7, 11) is 1.17. The number of likely N-dealkylation sites (tertiary alicyclic amines) is 1. The lowest BCUT2D eigenvalue weighted by Gasteiger charge is -2.37. The molecule has 0 bridgehead atoms. The number of carbonyl (C=O) groups excluding carboxylic acids is 1. The Labute approximate surface area is 132 Å². The van der Waals surface area contributed by atoms with Crippen LogP contribution in [0.4, 0.5) is 18.0 Å². The number of piperidine rings is 1. The van der Waals surface area contributed by atoms with E-state index >= 15 is 0 Å². The summed E-state index contributed by atoms with van der Waals surface area (Å²) in [5.74, 6) is 0.269. The SMILES string of the molecule is COCC(C)(NC(=O)N1CCC(c2cn[nH]c2)CC1)C(F)(F)F. The Bertz CT molecular complexity index is 513. The van der Waals surface area contributed by atoms with E-state index in [1.165, 1.54) is 12.0 Å². The highest BCUT2D eigenvalue weighted by Gasteiger charge is 2.52. The molecule has 0 aliphatic carbocycles. The molecule has 2 N–H and O–H groups in total. The second-order valence-corrected chi connectivity index (χ2v) is 5.99. The van der Waals surface area contributed by atoms with Crippen LogP contribution >= 0.6 is 0 Å². The fraction of sp³-hybridized carbons (Fsp3) is 0.714. The summed E-state index contributed by atoms with van der Waals surface area (Å²) in [6.45, 7) is 1.10. The molecule has 1 atom stereocenters. The van der Waals surface area contributed by atoms with Gasteiger partial charge in [-0.05, 0) is 31.2 Å². The van der Waals surface area contributed by atoms with Crippen LogP contribution in [0.2, 0.25) is 0 Å². The molecule has 1 aliphatic heterocycles. The Morgan fingerprint density at radius 1 is 1.48 bits per heavy atom. The molecule has 1 fully saturated rings. The van der Waals surface area contributed by atoms with Crippen molar-refractivity contribution in [1.29, 1.82) is 0 Å². The molecule has 1 unspecified atom stereocenters. The number of aromatic amines is 1. The van der Waals surface area contributed by atoms with Crippen molar-refractivity contribution in [3.8, 4) is 0 Å². The molecule has 0 saturated carbocycles.